The number of aryl methyl sites for hydroxylation is 1. The molecule has 2 aromatic carbocycles. The summed E-state index contributed by atoms with van der Waals surface area (Å²) in [6.07, 6.45) is 8.24. The lowest BCUT2D eigenvalue weighted by molar-refractivity contribution is 0.298. The standard InChI is InChI=1S/C27H38O/c1-6-9-21-11-8-12-23(18-21)22-14-16-24(17-15-22)28-19-25-20(2)10-7-13-26(25)27(3,4)5/h7,10,13-17,21,23H,6,8-9,11-12,18-19H2,1-5H3. The van der Waals surface area contributed by atoms with Gasteiger partial charge in [0.1, 0.15) is 12.4 Å². The maximum Gasteiger partial charge on any atom is 0.119 e. The van der Waals surface area contributed by atoms with Crippen LogP contribution in [0.1, 0.15) is 94.4 Å². The van der Waals surface area contributed by atoms with Crippen LogP contribution in [0.4, 0.5) is 0 Å². The Morgan fingerprint density at radius 1 is 1.00 bits per heavy atom. The second kappa shape index (κ2) is 9.16. The van der Waals surface area contributed by atoms with Gasteiger partial charge < -0.3 is 4.74 Å². The molecular weight excluding hydrogens is 340 g/mol. The number of hydrogen-bond donors (Lipinski definition) is 0. The molecule has 0 saturated heterocycles. The SMILES string of the molecule is CCCC1CCCC(c2ccc(OCc3c(C)cccc3C(C)(C)C)cc2)C1. The van der Waals surface area contributed by atoms with Crippen molar-refractivity contribution < 1.29 is 4.74 Å². The van der Waals surface area contributed by atoms with Gasteiger partial charge in [-0.3, -0.25) is 0 Å². The van der Waals surface area contributed by atoms with Crippen LogP contribution >= 0.6 is 0 Å². The molecule has 2 atom stereocenters. The Morgan fingerprint density at radius 2 is 1.75 bits per heavy atom. The summed E-state index contributed by atoms with van der Waals surface area (Å²) >= 11 is 0. The fraction of sp³-hybridized carbons (Fsp3) is 0.556. The zero-order chi connectivity index (χ0) is 20.1. The molecule has 0 bridgehead atoms. The molecular formula is C27H38O. The van der Waals surface area contributed by atoms with Crippen LogP contribution in [-0.4, -0.2) is 0 Å². The van der Waals surface area contributed by atoms with Gasteiger partial charge in [-0.2, -0.15) is 0 Å². The topological polar surface area (TPSA) is 9.23 Å². The van der Waals surface area contributed by atoms with Gasteiger partial charge in [0.25, 0.3) is 0 Å². The van der Waals surface area contributed by atoms with Gasteiger partial charge in [-0.15, -0.1) is 0 Å². The Kier molecular flexibility index (Phi) is 6.86. The molecule has 0 heterocycles. The van der Waals surface area contributed by atoms with Crippen molar-refractivity contribution in [2.24, 2.45) is 5.92 Å². The highest BCUT2D eigenvalue weighted by atomic mass is 16.5. The second-order valence-corrected chi connectivity index (χ2v) is 9.73. The summed E-state index contributed by atoms with van der Waals surface area (Å²) in [5.41, 5.74) is 5.65. The third kappa shape index (κ3) is 5.19. The summed E-state index contributed by atoms with van der Waals surface area (Å²) in [5.74, 6) is 2.65. The number of hydrogen-bond acceptors (Lipinski definition) is 1. The van der Waals surface area contributed by atoms with Gasteiger partial charge in [0.05, 0.1) is 0 Å². The van der Waals surface area contributed by atoms with Gasteiger partial charge in [0.15, 0.2) is 0 Å². The second-order valence-electron chi connectivity index (χ2n) is 9.73. The summed E-state index contributed by atoms with van der Waals surface area (Å²) in [6, 6.07) is 15.5. The predicted octanol–water partition coefficient (Wildman–Crippen LogP) is 7.95. The first-order valence-corrected chi connectivity index (χ1v) is 11.2. The zero-order valence-corrected chi connectivity index (χ0v) is 18.6. The normalized spacial score (nSPS) is 20.2. The molecule has 1 heteroatoms. The first kappa shape index (κ1) is 21.0. The molecule has 0 aliphatic heterocycles. The lowest BCUT2D eigenvalue weighted by atomic mass is 9.76. The minimum absolute atomic E-state index is 0.130. The van der Waals surface area contributed by atoms with E-state index >= 15 is 0 Å². The van der Waals surface area contributed by atoms with Crippen LogP contribution in [0.25, 0.3) is 0 Å². The number of ether oxygens (including phenoxy) is 1. The fourth-order valence-electron chi connectivity index (χ4n) is 4.85. The highest BCUT2D eigenvalue weighted by Gasteiger charge is 2.23. The fourth-order valence-corrected chi connectivity index (χ4v) is 4.85. The van der Waals surface area contributed by atoms with Gasteiger partial charge in [-0.05, 0) is 71.4 Å². The van der Waals surface area contributed by atoms with Gasteiger partial charge in [-0.1, -0.05) is 83.7 Å². The van der Waals surface area contributed by atoms with Crippen molar-refractivity contribution in [1.82, 2.24) is 0 Å². The lowest BCUT2D eigenvalue weighted by Gasteiger charge is -2.29. The largest absolute Gasteiger partial charge is 0.489 e. The zero-order valence-electron chi connectivity index (χ0n) is 18.6. The van der Waals surface area contributed by atoms with Crippen LogP contribution in [-0.2, 0) is 12.0 Å². The molecule has 1 saturated carbocycles. The van der Waals surface area contributed by atoms with Crippen molar-refractivity contribution in [3.8, 4) is 5.75 Å². The summed E-state index contributed by atoms with van der Waals surface area (Å²) in [5, 5.41) is 0. The van der Waals surface area contributed by atoms with Gasteiger partial charge >= 0.3 is 0 Å². The van der Waals surface area contributed by atoms with Gasteiger partial charge in [0, 0.05) is 0 Å². The van der Waals surface area contributed by atoms with E-state index in [2.05, 4.69) is 77.1 Å². The van der Waals surface area contributed by atoms with Crippen LogP contribution in [0.2, 0.25) is 0 Å². The van der Waals surface area contributed by atoms with E-state index in [9.17, 15) is 0 Å². The van der Waals surface area contributed by atoms with Crippen LogP contribution in [0.5, 0.6) is 5.75 Å². The maximum absolute atomic E-state index is 6.21. The molecule has 28 heavy (non-hydrogen) atoms. The van der Waals surface area contributed by atoms with E-state index < -0.39 is 0 Å². The molecule has 0 amide bonds. The molecule has 2 aromatic rings. The molecule has 3 rings (SSSR count). The number of benzene rings is 2. The number of rotatable bonds is 6. The van der Waals surface area contributed by atoms with Crippen molar-refractivity contribution in [1.29, 1.82) is 0 Å². The van der Waals surface area contributed by atoms with Crippen LogP contribution in [0, 0.1) is 12.8 Å². The van der Waals surface area contributed by atoms with Gasteiger partial charge in [-0.25, -0.2) is 0 Å². The lowest BCUT2D eigenvalue weighted by Crippen LogP contribution is -2.16. The monoisotopic (exact) mass is 378 g/mol. The van der Waals surface area contributed by atoms with Crippen molar-refractivity contribution in [2.45, 2.75) is 91.1 Å². The summed E-state index contributed by atoms with van der Waals surface area (Å²) in [6.45, 7) is 12.0. The molecule has 2 unspecified atom stereocenters. The Morgan fingerprint density at radius 3 is 2.43 bits per heavy atom. The van der Waals surface area contributed by atoms with E-state index in [-0.39, 0.29) is 5.41 Å². The van der Waals surface area contributed by atoms with Crippen LogP contribution in [0.3, 0.4) is 0 Å². The Labute approximate surface area is 172 Å². The third-order valence-electron chi connectivity index (χ3n) is 6.43. The summed E-state index contributed by atoms with van der Waals surface area (Å²) in [4.78, 5) is 0. The Bertz CT molecular complexity index is 749. The van der Waals surface area contributed by atoms with Gasteiger partial charge in [0.2, 0.25) is 0 Å². The van der Waals surface area contributed by atoms with E-state index in [1.807, 2.05) is 0 Å². The van der Waals surface area contributed by atoms with Crippen LogP contribution in [0.15, 0.2) is 42.5 Å². The smallest absolute Gasteiger partial charge is 0.119 e. The molecule has 152 valence electrons. The first-order chi connectivity index (χ1) is 13.4. The minimum Gasteiger partial charge on any atom is -0.489 e. The Balaban J connectivity index is 1.66. The molecule has 0 radical (unpaired) electrons. The van der Waals surface area contributed by atoms with Crippen molar-refractivity contribution in [3.05, 3.63) is 64.7 Å². The minimum atomic E-state index is 0.130. The average Bonchev–Trinajstić information content (AvgIpc) is 2.67. The van der Waals surface area contributed by atoms with Crippen molar-refractivity contribution in [3.63, 3.8) is 0 Å². The molecule has 1 aliphatic carbocycles. The van der Waals surface area contributed by atoms with Crippen molar-refractivity contribution in [2.75, 3.05) is 0 Å². The van der Waals surface area contributed by atoms with Crippen molar-refractivity contribution >= 4 is 0 Å². The summed E-state index contributed by atoms with van der Waals surface area (Å²) < 4.78 is 6.21. The van der Waals surface area contributed by atoms with E-state index in [1.54, 1.807) is 0 Å². The first-order valence-electron chi connectivity index (χ1n) is 11.2. The van der Waals surface area contributed by atoms with E-state index in [0.29, 0.717) is 6.61 Å². The molecule has 1 nitrogen and oxygen atoms in total. The molecule has 0 aromatic heterocycles. The molecule has 1 aliphatic rings. The molecule has 1 fully saturated rings. The average molecular weight is 379 g/mol. The molecule has 0 N–H and O–H groups in total. The highest BCUT2D eigenvalue weighted by Crippen LogP contribution is 2.38. The maximum atomic E-state index is 6.21. The summed E-state index contributed by atoms with van der Waals surface area (Å²) in [7, 11) is 0. The van der Waals surface area contributed by atoms with E-state index in [4.69, 9.17) is 4.74 Å². The van der Waals surface area contributed by atoms with E-state index in [1.165, 1.54) is 60.8 Å². The van der Waals surface area contributed by atoms with E-state index in [0.717, 1.165) is 17.6 Å². The Hall–Kier alpha value is -1.76. The van der Waals surface area contributed by atoms with Crippen LogP contribution < -0.4 is 4.74 Å². The quantitative estimate of drug-likeness (QED) is 0.495. The molecule has 0 spiro atoms. The highest BCUT2D eigenvalue weighted by molar-refractivity contribution is 5.39. The predicted molar refractivity (Wildman–Crippen MR) is 120 cm³/mol. The third-order valence-corrected chi connectivity index (χ3v) is 6.43.